The summed E-state index contributed by atoms with van der Waals surface area (Å²) >= 11 is -0.395. The van der Waals surface area contributed by atoms with Gasteiger partial charge in [0.15, 0.2) is 0 Å². The Morgan fingerprint density at radius 3 is 2.75 bits per heavy atom. The van der Waals surface area contributed by atoms with Crippen LogP contribution in [-0.4, -0.2) is 15.0 Å². The van der Waals surface area contributed by atoms with Crippen LogP contribution in [0.2, 0.25) is 5.75 Å². The summed E-state index contributed by atoms with van der Waals surface area (Å²) in [6, 6.07) is 9.32. The zero-order valence-electron chi connectivity index (χ0n) is 7.29. The van der Waals surface area contributed by atoms with Gasteiger partial charge in [-0.1, -0.05) is 0 Å². The van der Waals surface area contributed by atoms with Crippen LogP contribution < -0.4 is 4.46 Å². The molecule has 0 aliphatic heterocycles. The van der Waals surface area contributed by atoms with E-state index in [1.807, 2.05) is 30.3 Å². The Hall–Kier alpha value is -0.261. The van der Waals surface area contributed by atoms with Gasteiger partial charge in [-0.2, -0.15) is 0 Å². The summed E-state index contributed by atoms with van der Waals surface area (Å²) in [6.45, 7) is 0. The van der Waals surface area contributed by atoms with Crippen LogP contribution in [0.15, 0.2) is 30.3 Å². The molecule has 1 aromatic rings. The number of hydrogen-bond acceptors (Lipinski definition) is 0. The van der Waals surface area contributed by atoms with Gasteiger partial charge in [0.25, 0.3) is 0 Å². The SMILES string of the molecule is [2H]C([2H])([2H])[Se]c1ccccc1. The van der Waals surface area contributed by atoms with Crippen LogP contribution in [0.4, 0.5) is 0 Å². The molecule has 1 rings (SSSR count). The van der Waals surface area contributed by atoms with Crippen LogP contribution in [0.5, 0.6) is 0 Å². The molecule has 0 saturated heterocycles. The number of benzene rings is 1. The van der Waals surface area contributed by atoms with Crippen LogP contribution in [0.1, 0.15) is 4.11 Å². The summed E-state index contributed by atoms with van der Waals surface area (Å²) in [7, 11) is 0. The molecule has 0 aliphatic rings. The normalized spacial score (nSPS) is 16.2. The van der Waals surface area contributed by atoms with Crippen molar-refractivity contribution in [3.05, 3.63) is 30.3 Å². The standard InChI is InChI=1S/C7H8Se/c1-8-7-5-3-2-4-6-7/h2-6H,1H3/i1D3. The second kappa shape index (κ2) is 2.91. The van der Waals surface area contributed by atoms with Gasteiger partial charge in [-0.25, -0.2) is 0 Å². The van der Waals surface area contributed by atoms with Crippen molar-refractivity contribution in [2.75, 3.05) is 0 Å². The van der Waals surface area contributed by atoms with E-state index in [0.717, 1.165) is 4.46 Å². The van der Waals surface area contributed by atoms with Crippen molar-refractivity contribution in [1.29, 1.82) is 0 Å². The fourth-order valence-corrected chi connectivity index (χ4v) is 1.10. The molecule has 0 spiro atoms. The fraction of sp³-hybridized carbons (Fsp3) is 0.143. The molecule has 0 saturated carbocycles. The van der Waals surface area contributed by atoms with Gasteiger partial charge in [0, 0.05) is 0 Å². The van der Waals surface area contributed by atoms with E-state index in [-0.39, 0.29) is 0 Å². The van der Waals surface area contributed by atoms with E-state index in [4.69, 9.17) is 4.11 Å². The van der Waals surface area contributed by atoms with E-state index in [2.05, 4.69) is 0 Å². The van der Waals surface area contributed by atoms with E-state index < -0.39 is 20.7 Å². The Morgan fingerprint density at radius 1 is 1.38 bits per heavy atom. The Labute approximate surface area is 60.3 Å². The molecule has 8 heavy (non-hydrogen) atoms. The van der Waals surface area contributed by atoms with Crippen molar-refractivity contribution in [3.63, 3.8) is 0 Å². The van der Waals surface area contributed by atoms with E-state index in [1.165, 1.54) is 0 Å². The van der Waals surface area contributed by atoms with E-state index in [1.54, 1.807) is 0 Å². The van der Waals surface area contributed by atoms with Gasteiger partial charge in [0.2, 0.25) is 0 Å². The molecule has 0 radical (unpaired) electrons. The summed E-state index contributed by atoms with van der Waals surface area (Å²) < 4.78 is 22.0. The molecule has 42 valence electrons. The summed E-state index contributed by atoms with van der Waals surface area (Å²) in [5.41, 5.74) is 0. The van der Waals surface area contributed by atoms with Crippen molar-refractivity contribution in [1.82, 2.24) is 0 Å². The van der Waals surface area contributed by atoms with Gasteiger partial charge < -0.3 is 0 Å². The van der Waals surface area contributed by atoms with Gasteiger partial charge in [0.1, 0.15) is 0 Å². The van der Waals surface area contributed by atoms with Crippen molar-refractivity contribution in [3.8, 4) is 0 Å². The average Bonchev–Trinajstić information content (AvgIpc) is 1.85. The van der Waals surface area contributed by atoms with Gasteiger partial charge in [-0.15, -0.1) is 0 Å². The molecule has 0 amide bonds. The zero-order chi connectivity index (χ0) is 8.32. The molecular weight excluding hydrogens is 163 g/mol. The van der Waals surface area contributed by atoms with Crippen LogP contribution in [0.3, 0.4) is 0 Å². The number of hydrogen-bond donors (Lipinski definition) is 0. The zero-order valence-corrected chi connectivity index (χ0v) is 6.01. The van der Waals surface area contributed by atoms with Crippen LogP contribution in [0, 0.1) is 0 Å². The third kappa shape index (κ3) is 1.36. The Balaban J connectivity index is 2.66. The first-order valence-electron chi connectivity index (χ1n) is 3.82. The van der Waals surface area contributed by atoms with E-state index in [0.29, 0.717) is 0 Å². The van der Waals surface area contributed by atoms with Gasteiger partial charge >= 0.3 is 59.6 Å². The second-order valence-corrected chi connectivity index (χ2v) is 2.83. The summed E-state index contributed by atoms with van der Waals surface area (Å²) in [6.07, 6.45) is 0. The molecule has 0 aliphatic carbocycles. The number of rotatable bonds is 1. The first-order valence-corrected chi connectivity index (χ1v) is 4.03. The van der Waals surface area contributed by atoms with Crippen molar-refractivity contribution in [2.24, 2.45) is 0 Å². The first-order chi connectivity index (χ1) is 5.08. The quantitative estimate of drug-likeness (QED) is 0.558. The first kappa shape index (κ1) is 3.05. The third-order valence-electron chi connectivity index (χ3n) is 0.861. The third-order valence-corrected chi connectivity index (χ3v) is 1.93. The Kier molecular flexibility index (Phi) is 1.11. The fourth-order valence-electron chi connectivity index (χ4n) is 0.489. The molecule has 0 atom stereocenters. The predicted molar refractivity (Wildman–Crippen MR) is 37.7 cm³/mol. The van der Waals surface area contributed by atoms with Gasteiger partial charge in [0.05, 0.1) is 0 Å². The predicted octanol–water partition coefficient (Wildman–Crippen LogP) is 1.06. The second-order valence-electron chi connectivity index (χ2n) is 1.42. The minimum absolute atomic E-state index is 0.395. The van der Waals surface area contributed by atoms with Crippen LogP contribution >= 0.6 is 0 Å². The van der Waals surface area contributed by atoms with Crippen molar-refractivity contribution < 1.29 is 4.11 Å². The average molecular weight is 174 g/mol. The minimum atomic E-state index is -1.78. The summed E-state index contributed by atoms with van der Waals surface area (Å²) in [4.78, 5) is 0. The molecule has 0 aromatic heterocycles. The molecule has 0 bridgehead atoms. The Bertz CT molecular complexity index is 217. The monoisotopic (exact) mass is 175 g/mol. The maximum atomic E-state index is 7.03. The van der Waals surface area contributed by atoms with Crippen molar-refractivity contribution in [2.45, 2.75) is 5.75 Å². The van der Waals surface area contributed by atoms with Crippen LogP contribution in [-0.2, 0) is 0 Å². The topological polar surface area (TPSA) is 0 Å². The van der Waals surface area contributed by atoms with E-state index >= 15 is 0 Å². The molecule has 1 aromatic carbocycles. The molecule has 1 heteroatoms. The van der Waals surface area contributed by atoms with Crippen LogP contribution in [0.25, 0.3) is 0 Å². The molecular formula is C7H8Se. The summed E-state index contributed by atoms with van der Waals surface area (Å²) in [5.74, 6) is -1.78. The molecule has 0 unspecified atom stereocenters. The Morgan fingerprint density at radius 2 is 2.12 bits per heavy atom. The van der Waals surface area contributed by atoms with Crippen molar-refractivity contribution >= 4 is 19.4 Å². The van der Waals surface area contributed by atoms with Gasteiger partial charge in [-0.3, -0.25) is 0 Å². The molecule has 0 nitrogen and oxygen atoms in total. The van der Waals surface area contributed by atoms with Gasteiger partial charge in [-0.05, 0) is 0 Å². The molecule has 0 N–H and O–H groups in total. The molecule has 0 fully saturated rings. The molecule has 0 heterocycles. The summed E-state index contributed by atoms with van der Waals surface area (Å²) in [5, 5.41) is 0. The van der Waals surface area contributed by atoms with E-state index in [9.17, 15) is 0 Å². The maximum absolute atomic E-state index is 7.03.